The smallest absolute Gasteiger partial charge is 0.255 e. The summed E-state index contributed by atoms with van der Waals surface area (Å²) in [5.74, 6) is -0.0812. The van der Waals surface area contributed by atoms with Crippen LogP contribution in [0.5, 0.6) is 0 Å². The number of carbonyl (C=O) groups is 1. The van der Waals surface area contributed by atoms with E-state index in [1.165, 1.54) is 12.3 Å². The van der Waals surface area contributed by atoms with Gasteiger partial charge in [0.25, 0.3) is 5.91 Å². The second-order valence-corrected chi connectivity index (χ2v) is 5.92. The van der Waals surface area contributed by atoms with E-state index in [0.29, 0.717) is 18.7 Å². The largest absolute Gasteiger partial charge is 0.376 e. The van der Waals surface area contributed by atoms with Crippen LogP contribution in [0.25, 0.3) is 0 Å². The molecule has 0 unspecified atom stereocenters. The third-order valence-corrected chi connectivity index (χ3v) is 4.21. The molecule has 1 aromatic rings. The Morgan fingerprint density at radius 1 is 1.14 bits per heavy atom. The molecule has 0 saturated carbocycles. The van der Waals surface area contributed by atoms with Crippen LogP contribution in [0.1, 0.15) is 36.0 Å². The van der Waals surface area contributed by atoms with E-state index >= 15 is 0 Å². The van der Waals surface area contributed by atoms with Crippen LogP contribution >= 0.6 is 0 Å². The Labute approximate surface area is 129 Å². The first-order chi connectivity index (χ1) is 10.7. The van der Waals surface area contributed by atoms with Crippen molar-refractivity contribution < 1.29 is 14.3 Å². The molecule has 1 aromatic heterocycles. The van der Waals surface area contributed by atoms with Crippen LogP contribution in [0.3, 0.4) is 0 Å². The van der Waals surface area contributed by atoms with E-state index in [1.54, 1.807) is 11.0 Å². The van der Waals surface area contributed by atoms with E-state index in [-0.39, 0.29) is 23.7 Å². The molecule has 2 saturated heterocycles. The number of amides is 1. The van der Waals surface area contributed by atoms with Gasteiger partial charge in [0, 0.05) is 38.6 Å². The average molecular weight is 306 g/mol. The normalized spacial score (nSPS) is 24.5. The van der Waals surface area contributed by atoms with Gasteiger partial charge in [-0.3, -0.25) is 9.59 Å². The van der Waals surface area contributed by atoms with Gasteiger partial charge in [-0.05, 0) is 31.7 Å². The van der Waals surface area contributed by atoms with Crippen molar-refractivity contribution in [2.75, 3.05) is 26.3 Å². The van der Waals surface area contributed by atoms with Crippen LogP contribution < -0.4 is 5.56 Å². The Hall–Kier alpha value is -1.66. The molecule has 0 radical (unpaired) electrons. The number of aromatic nitrogens is 1. The molecule has 2 aliphatic rings. The van der Waals surface area contributed by atoms with Crippen LogP contribution in [0.4, 0.5) is 0 Å². The maximum Gasteiger partial charge on any atom is 0.255 e. The van der Waals surface area contributed by atoms with Crippen molar-refractivity contribution in [1.82, 2.24) is 9.88 Å². The highest BCUT2D eigenvalue weighted by atomic mass is 16.5. The van der Waals surface area contributed by atoms with Crippen molar-refractivity contribution in [3.63, 3.8) is 0 Å². The van der Waals surface area contributed by atoms with Crippen LogP contribution in [-0.4, -0.2) is 54.3 Å². The minimum atomic E-state index is -0.207. The molecule has 22 heavy (non-hydrogen) atoms. The Morgan fingerprint density at radius 3 is 2.23 bits per heavy atom. The third kappa shape index (κ3) is 3.75. The standard InChI is InChI=1S/C16H22N2O4/c19-15-6-5-12(9-17-15)16(20)18(10-13-3-1-7-21-13)11-14-4-2-8-22-14/h5-6,9,13-14H,1-4,7-8,10-11H2,(H,17,19)/t13-,14-/m0/s1. The number of hydrogen-bond acceptors (Lipinski definition) is 4. The number of aromatic amines is 1. The van der Waals surface area contributed by atoms with Crippen LogP contribution in [0.15, 0.2) is 23.1 Å². The highest BCUT2D eigenvalue weighted by molar-refractivity contribution is 5.93. The van der Waals surface area contributed by atoms with Crippen molar-refractivity contribution >= 4 is 5.91 Å². The molecule has 0 bridgehead atoms. The molecule has 2 fully saturated rings. The highest BCUT2D eigenvalue weighted by Gasteiger charge is 2.27. The summed E-state index contributed by atoms with van der Waals surface area (Å²) in [5, 5.41) is 0. The van der Waals surface area contributed by atoms with Gasteiger partial charge in [0.2, 0.25) is 5.56 Å². The molecular weight excluding hydrogens is 284 g/mol. The molecule has 3 rings (SSSR count). The Kier molecular flexibility index (Phi) is 4.90. The van der Waals surface area contributed by atoms with E-state index in [2.05, 4.69) is 4.98 Å². The van der Waals surface area contributed by atoms with Gasteiger partial charge in [-0.2, -0.15) is 0 Å². The lowest BCUT2D eigenvalue weighted by Gasteiger charge is -2.27. The fourth-order valence-electron chi connectivity index (χ4n) is 3.03. The van der Waals surface area contributed by atoms with Crippen molar-refractivity contribution in [3.8, 4) is 0 Å². The molecule has 0 spiro atoms. The topological polar surface area (TPSA) is 71.6 Å². The minimum absolute atomic E-state index is 0.0812. The second-order valence-electron chi connectivity index (χ2n) is 5.92. The van der Waals surface area contributed by atoms with Gasteiger partial charge in [-0.1, -0.05) is 0 Å². The number of hydrogen-bond donors (Lipinski definition) is 1. The summed E-state index contributed by atoms with van der Waals surface area (Å²) in [4.78, 5) is 28.2. The number of nitrogens with one attached hydrogen (secondary N) is 1. The van der Waals surface area contributed by atoms with E-state index < -0.39 is 0 Å². The molecule has 3 heterocycles. The predicted molar refractivity (Wildman–Crippen MR) is 80.9 cm³/mol. The molecule has 6 nitrogen and oxygen atoms in total. The Bertz CT molecular complexity index is 521. The summed E-state index contributed by atoms with van der Waals surface area (Å²) in [5.41, 5.74) is 0.289. The van der Waals surface area contributed by atoms with Crippen molar-refractivity contribution in [1.29, 1.82) is 0 Å². The molecule has 6 heteroatoms. The number of pyridine rings is 1. The molecule has 0 aliphatic carbocycles. The quantitative estimate of drug-likeness (QED) is 0.886. The minimum Gasteiger partial charge on any atom is -0.376 e. The molecule has 1 N–H and O–H groups in total. The zero-order chi connectivity index (χ0) is 15.4. The molecule has 120 valence electrons. The van der Waals surface area contributed by atoms with E-state index in [9.17, 15) is 9.59 Å². The van der Waals surface area contributed by atoms with Gasteiger partial charge in [0.05, 0.1) is 17.8 Å². The summed E-state index contributed by atoms with van der Waals surface area (Å²) in [7, 11) is 0. The third-order valence-electron chi connectivity index (χ3n) is 4.21. The van der Waals surface area contributed by atoms with Gasteiger partial charge in [-0.25, -0.2) is 0 Å². The monoisotopic (exact) mass is 306 g/mol. The van der Waals surface area contributed by atoms with Crippen molar-refractivity contribution in [2.24, 2.45) is 0 Å². The summed E-state index contributed by atoms with van der Waals surface area (Å²) in [6, 6.07) is 2.95. The van der Waals surface area contributed by atoms with Crippen LogP contribution in [0.2, 0.25) is 0 Å². The summed E-state index contributed by atoms with van der Waals surface area (Å²) >= 11 is 0. The van der Waals surface area contributed by atoms with E-state index in [0.717, 1.165) is 38.9 Å². The van der Waals surface area contributed by atoms with Gasteiger partial charge in [-0.15, -0.1) is 0 Å². The van der Waals surface area contributed by atoms with Gasteiger partial charge in [0.1, 0.15) is 0 Å². The van der Waals surface area contributed by atoms with E-state index in [1.807, 2.05) is 0 Å². The first-order valence-electron chi connectivity index (χ1n) is 7.93. The SMILES string of the molecule is O=C(c1ccc(=O)[nH]c1)N(C[C@@H]1CCCO1)C[C@@H]1CCCO1. The zero-order valence-electron chi connectivity index (χ0n) is 12.6. The first-order valence-corrected chi connectivity index (χ1v) is 7.93. The molecule has 2 aliphatic heterocycles. The zero-order valence-corrected chi connectivity index (χ0v) is 12.6. The molecule has 1 amide bonds. The maximum absolute atomic E-state index is 12.7. The lowest BCUT2D eigenvalue weighted by Crippen LogP contribution is -2.42. The van der Waals surface area contributed by atoms with Gasteiger partial charge in [0.15, 0.2) is 0 Å². The lowest BCUT2D eigenvalue weighted by atomic mass is 10.1. The van der Waals surface area contributed by atoms with E-state index in [4.69, 9.17) is 9.47 Å². The molecule has 0 aromatic carbocycles. The summed E-state index contributed by atoms with van der Waals surface area (Å²) in [6.45, 7) is 2.70. The number of ether oxygens (including phenoxy) is 2. The Morgan fingerprint density at radius 2 is 1.77 bits per heavy atom. The fourth-order valence-corrected chi connectivity index (χ4v) is 3.03. The molecular formula is C16H22N2O4. The Balaban J connectivity index is 1.71. The predicted octanol–water partition coefficient (Wildman–Crippen LogP) is 1.18. The molecule has 2 atom stereocenters. The lowest BCUT2D eigenvalue weighted by molar-refractivity contribution is 0.0307. The first kappa shape index (κ1) is 15.2. The van der Waals surface area contributed by atoms with Crippen LogP contribution in [-0.2, 0) is 9.47 Å². The van der Waals surface area contributed by atoms with Crippen LogP contribution in [0, 0.1) is 0 Å². The van der Waals surface area contributed by atoms with Gasteiger partial charge < -0.3 is 19.4 Å². The number of carbonyl (C=O) groups excluding carboxylic acids is 1. The summed E-state index contributed by atoms with van der Waals surface area (Å²) < 4.78 is 11.3. The fraction of sp³-hybridized carbons (Fsp3) is 0.625. The van der Waals surface area contributed by atoms with Crippen molar-refractivity contribution in [3.05, 3.63) is 34.2 Å². The number of nitrogens with zero attached hydrogens (tertiary/aromatic N) is 1. The van der Waals surface area contributed by atoms with Crippen molar-refractivity contribution in [2.45, 2.75) is 37.9 Å². The van der Waals surface area contributed by atoms with Gasteiger partial charge >= 0.3 is 0 Å². The maximum atomic E-state index is 12.7. The number of rotatable bonds is 5. The highest BCUT2D eigenvalue weighted by Crippen LogP contribution is 2.18. The summed E-state index contributed by atoms with van der Waals surface area (Å²) in [6.07, 6.45) is 5.75. The second kappa shape index (κ2) is 7.07. The average Bonchev–Trinajstić information content (AvgIpc) is 3.20. The number of H-pyrrole nitrogens is 1.